The van der Waals surface area contributed by atoms with Crippen LogP contribution in [0.15, 0.2) is 88.5 Å². The van der Waals surface area contributed by atoms with Crippen molar-refractivity contribution in [1.82, 2.24) is 39.1 Å². The molecule has 0 radical (unpaired) electrons. The third-order valence-electron chi connectivity index (χ3n) is 8.25. The number of nitrogens with two attached hydrogens (primary N) is 1. The molecule has 13 heteroatoms. The molecule has 0 saturated carbocycles. The van der Waals surface area contributed by atoms with E-state index in [1.807, 2.05) is 68.6 Å². The van der Waals surface area contributed by atoms with Gasteiger partial charge in [-0.15, -0.1) is 10.2 Å². The molecule has 0 aliphatic carbocycles. The summed E-state index contributed by atoms with van der Waals surface area (Å²) < 4.78 is 17.5. The largest absolute Gasteiger partial charge is 0.439 e. The van der Waals surface area contributed by atoms with Crippen molar-refractivity contribution in [1.29, 1.82) is 0 Å². The molecule has 6 heterocycles. The van der Waals surface area contributed by atoms with Gasteiger partial charge < -0.3 is 24.3 Å². The number of anilines is 1. The van der Waals surface area contributed by atoms with Crippen molar-refractivity contribution in [2.24, 2.45) is 14.1 Å². The van der Waals surface area contributed by atoms with Gasteiger partial charge in [0.15, 0.2) is 0 Å². The smallest absolute Gasteiger partial charge is 0.291 e. The van der Waals surface area contributed by atoms with Crippen LogP contribution in [0, 0.1) is 6.92 Å². The molecule has 13 nitrogen and oxygen atoms in total. The highest BCUT2D eigenvalue weighted by molar-refractivity contribution is 6.12. The number of nitrogens with zero attached hydrogens (tertiary/aromatic N) is 7. The number of nitrogens with one attached hydrogen (secondary N) is 1. The standard InChI is InChI=1S/C34H27N9O4/c1-18-8-6-9-19(36-18)17-43-34(45)30-28(22-15-14-20(16-24(22)42(30)3)46-26-13-7-12-25(35)37-26)33(40-43)47-32-27-21-10-4-5-11-23(21)41(2)29(27)31(44)38-39-32/h4-16H,17H2,1-3H3,(H2,35,37)(H,38,44). The Bertz CT molecular complexity index is 2670. The van der Waals surface area contributed by atoms with Crippen LogP contribution in [0.4, 0.5) is 5.82 Å². The fraction of sp³-hybridized carbons (Fsp3) is 0.118. The van der Waals surface area contributed by atoms with Gasteiger partial charge in [0.1, 0.15) is 22.6 Å². The molecule has 232 valence electrons. The zero-order valence-corrected chi connectivity index (χ0v) is 25.6. The predicted molar refractivity (Wildman–Crippen MR) is 178 cm³/mol. The number of H-pyrrole nitrogens is 1. The molecule has 0 unspecified atom stereocenters. The van der Waals surface area contributed by atoms with Gasteiger partial charge in [-0.3, -0.25) is 14.6 Å². The summed E-state index contributed by atoms with van der Waals surface area (Å²) in [5.41, 5.74) is 8.92. The molecule has 8 rings (SSSR count). The number of pyridine rings is 2. The number of aryl methyl sites for hydroxylation is 3. The van der Waals surface area contributed by atoms with Gasteiger partial charge >= 0.3 is 0 Å². The summed E-state index contributed by atoms with van der Waals surface area (Å²) in [6, 6.07) is 23.8. The van der Waals surface area contributed by atoms with Crippen LogP contribution in [0.3, 0.4) is 0 Å². The van der Waals surface area contributed by atoms with Crippen molar-refractivity contribution in [2.45, 2.75) is 13.5 Å². The third kappa shape index (κ3) is 4.55. The van der Waals surface area contributed by atoms with Gasteiger partial charge in [-0.1, -0.05) is 30.3 Å². The lowest BCUT2D eigenvalue weighted by Gasteiger charge is -2.11. The molecular weight excluding hydrogens is 598 g/mol. The maximum Gasteiger partial charge on any atom is 0.291 e. The number of ether oxygens (including phenoxy) is 2. The van der Waals surface area contributed by atoms with Crippen molar-refractivity contribution in [2.75, 3.05) is 5.73 Å². The van der Waals surface area contributed by atoms with E-state index in [0.29, 0.717) is 55.9 Å². The Hall–Kier alpha value is -6.50. The molecule has 0 bridgehead atoms. The molecule has 47 heavy (non-hydrogen) atoms. The minimum Gasteiger partial charge on any atom is -0.439 e. The Balaban J connectivity index is 1.36. The fourth-order valence-electron chi connectivity index (χ4n) is 6.15. The van der Waals surface area contributed by atoms with Crippen LogP contribution < -0.4 is 26.3 Å². The summed E-state index contributed by atoms with van der Waals surface area (Å²) in [6.45, 7) is 1.99. The fourth-order valence-corrected chi connectivity index (χ4v) is 6.15. The van der Waals surface area contributed by atoms with Crippen LogP contribution in [0.25, 0.3) is 43.6 Å². The van der Waals surface area contributed by atoms with Crippen molar-refractivity contribution < 1.29 is 9.47 Å². The SMILES string of the molecule is Cc1cccc(Cn2nc(Oc3n[nH]c(=O)c4c3c3ccccc3n4C)c3c4ccc(Oc5cccc(N)n5)cc4n(C)c3c2=O)n1. The van der Waals surface area contributed by atoms with Gasteiger partial charge in [-0.25, -0.2) is 9.78 Å². The zero-order valence-electron chi connectivity index (χ0n) is 25.6. The Labute approximate surface area is 265 Å². The lowest BCUT2D eigenvalue weighted by atomic mass is 10.2. The lowest BCUT2D eigenvalue weighted by molar-refractivity contribution is 0.426. The van der Waals surface area contributed by atoms with Crippen molar-refractivity contribution >= 4 is 49.4 Å². The summed E-state index contributed by atoms with van der Waals surface area (Å²) in [5.74, 6) is 1.46. The summed E-state index contributed by atoms with van der Waals surface area (Å²) in [6.07, 6.45) is 0. The van der Waals surface area contributed by atoms with E-state index in [9.17, 15) is 9.59 Å². The first-order valence-electron chi connectivity index (χ1n) is 14.8. The van der Waals surface area contributed by atoms with Gasteiger partial charge in [0, 0.05) is 48.2 Å². The lowest BCUT2D eigenvalue weighted by Crippen LogP contribution is -2.26. The average Bonchev–Trinajstić information content (AvgIpc) is 3.53. The van der Waals surface area contributed by atoms with E-state index < -0.39 is 0 Å². The van der Waals surface area contributed by atoms with E-state index in [2.05, 4.69) is 20.2 Å². The first kappa shape index (κ1) is 28.0. The molecule has 0 aliphatic heterocycles. The molecule has 0 aliphatic rings. The van der Waals surface area contributed by atoms with Gasteiger partial charge in [0.05, 0.1) is 28.5 Å². The number of benzene rings is 2. The highest BCUT2D eigenvalue weighted by Gasteiger charge is 2.24. The molecule has 0 amide bonds. The topological polar surface area (TPSA) is 161 Å². The van der Waals surface area contributed by atoms with E-state index in [-0.39, 0.29) is 29.4 Å². The van der Waals surface area contributed by atoms with Crippen LogP contribution >= 0.6 is 0 Å². The monoisotopic (exact) mass is 625 g/mol. The van der Waals surface area contributed by atoms with E-state index >= 15 is 0 Å². The summed E-state index contributed by atoms with van der Waals surface area (Å²) in [5, 5.41) is 14.1. The minimum absolute atomic E-state index is 0.104. The minimum atomic E-state index is -0.355. The van der Waals surface area contributed by atoms with Crippen LogP contribution in [-0.2, 0) is 20.6 Å². The second-order valence-corrected chi connectivity index (χ2v) is 11.3. The number of aromatic nitrogens is 8. The molecular formula is C34H27N9O4. The number of hydrogen-bond donors (Lipinski definition) is 2. The first-order valence-corrected chi connectivity index (χ1v) is 14.8. The molecule has 0 spiro atoms. The highest BCUT2D eigenvalue weighted by Crippen LogP contribution is 2.39. The maximum absolute atomic E-state index is 14.1. The maximum atomic E-state index is 14.1. The van der Waals surface area contributed by atoms with E-state index in [1.165, 1.54) is 4.68 Å². The quantitative estimate of drug-likeness (QED) is 0.261. The molecule has 0 atom stereocenters. The number of hydrogen-bond acceptors (Lipinski definition) is 9. The zero-order chi connectivity index (χ0) is 32.4. The number of aromatic amines is 1. The number of rotatable bonds is 6. The Kier molecular flexibility index (Phi) is 6.29. The van der Waals surface area contributed by atoms with Crippen molar-refractivity contribution in [3.05, 3.63) is 111 Å². The van der Waals surface area contributed by atoms with Crippen molar-refractivity contribution in [3.63, 3.8) is 0 Å². The highest BCUT2D eigenvalue weighted by atomic mass is 16.5. The van der Waals surface area contributed by atoms with Crippen molar-refractivity contribution in [3.8, 4) is 23.4 Å². The summed E-state index contributed by atoms with van der Waals surface area (Å²) in [4.78, 5) is 35.9. The Morgan fingerprint density at radius 2 is 1.55 bits per heavy atom. The number of fused-ring (bicyclic) bond motifs is 6. The van der Waals surface area contributed by atoms with E-state index in [0.717, 1.165) is 16.6 Å². The Morgan fingerprint density at radius 3 is 2.38 bits per heavy atom. The molecule has 8 aromatic rings. The normalized spacial score (nSPS) is 11.6. The van der Waals surface area contributed by atoms with Gasteiger partial charge in [-0.05, 0) is 43.3 Å². The third-order valence-corrected chi connectivity index (χ3v) is 8.25. The Morgan fingerprint density at radius 1 is 0.787 bits per heavy atom. The first-order chi connectivity index (χ1) is 22.8. The van der Waals surface area contributed by atoms with Crippen LogP contribution in [0.2, 0.25) is 0 Å². The van der Waals surface area contributed by atoms with E-state index in [1.54, 1.807) is 40.4 Å². The van der Waals surface area contributed by atoms with Crippen LogP contribution in [-0.4, -0.2) is 39.1 Å². The second kappa shape index (κ2) is 10.5. The molecule has 0 saturated heterocycles. The molecule has 0 fully saturated rings. The summed E-state index contributed by atoms with van der Waals surface area (Å²) >= 11 is 0. The van der Waals surface area contributed by atoms with E-state index in [4.69, 9.17) is 20.3 Å². The van der Waals surface area contributed by atoms with Gasteiger partial charge in [-0.2, -0.15) is 4.98 Å². The van der Waals surface area contributed by atoms with Gasteiger partial charge in [0.2, 0.25) is 17.6 Å². The summed E-state index contributed by atoms with van der Waals surface area (Å²) in [7, 11) is 3.62. The van der Waals surface area contributed by atoms with Crippen LogP contribution in [0.1, 0.15) is 11.4 Å². The molecule has 6 aromatic heterocycles. The average molecular weight is 626 g/mol. The number of para-hydroxylation sites is 1. The second-order valence-electron chi connectivity index (χ2n) is 11.3. The predicted octanol–water partition coefficient (Wildman–Crippen LogP) is 4.93. The molecule has 2 aromatic carbocycles. The van der Waals surface area contributed by atoms with Crippen LogP contribution in [0.5, 0.6) is 23.4 Å². The molecule has 3 N–H and O–H groups in total. The van der Waals surface area contributed by atoms with Gasteiger partial charge in [0.25, 0.3) is 11.1 Å². The number of nitrogen functional groups attached to an aromatic ring is 1.